The Morgan fingerprint density at radius 2 is 2.08 bits per heavy atom. The van der Waals surface area contributed by atoms with Gasteiger partial charge in [-0.3, -0.25) is 0 Å². The number of rotatable bonds is 2. The van der Waals surface area contributed by atoms with Gasteiger partial charge in [-0.05, 0) is 18.2 Å². The molecule has 0 aromatic heterocycles. The molecular formula is C7H6BrClO3S. The highest BCUT2D eigenvalue weighted by Gasteiger charge is 2.11. The maximum Gasteiger partial charge on any atom is 0.236 e. The smallest absolute Gasteiger partial charge is 0.236 e. The van der Waals surface area contributed by atoms with Crippen LogP contribution >= 0.6 is 26.6 Å². The molecule has 0 aliphatic heterocycles. The van der Waals surface area contributed by atoms with Crippen molar-refractivity contribution < 1.29 is 13.5 Å². The normalized spacial score (nSPS) is 11.5. The first-order valence-corrected chi connectivity index (χ1v) is 6.55. The van der Waals surface area contributed by atoms with Crippen LogP contribution in [0.3, 0.4) is 0 Å². The lowest BCUT2D eigenvalue weighted by molar-refractivity contribution is 0.470. The van der Waals surface area contributed by atoms with Crippen molar-refractivity contribution in [2.45, 2.75) is 5.75 Å². The second kappa shape index (κ2) is 3.86. The molecule has 0 aliphatic carbocycles. The van der Waals surface area contributed by atoms with E-state index in [1.54, 1.807) is 6.07 Å². The van der Waals surface area contributed by atoms with Gasteiger partial charge in [-0.1, -0.05) is 15.9 Å². The van der Waals surface area contributed by atoms with Gasteiger partial charge in [-0.15, -0.1) is 0 Å². The number of benzene rings is 1. The summed E-state index contributed by atoms with van der Waals surface area (Å²) >= 11 is 3.15. The van der Waals surface area contributed by atoms with Crippen LogP contribution in [0.15, 0.2) is 22.7 Å². The first kappa shape index (κ1) is 10.8. The van der Waals surface area contributed by atoms with Gasteiger partial charge in [0.2, 0.25) is 9.05 Å². The highest BCUT2D eigenvalue weighted by molar-refractivity contribution is 9.10. The molecule has 0 bridgehead atoms. The number of hydrogen-bond acceptors (Lipinski definition) is 3. The van der Waals surface area contributed by atoms with Crippen molar-refractivity contribution in [2.75, 3.05) is 0 Å². The van der Waals surface area contributed by atoms with Crippen molar-refractivity contribution in [1.29, 1.82) is 0 Å². The first-order chi connectivity index (χ1) is 5.88. The van der Waals surface area contributed by atoms with E-state index in [1.807, 2.05) is 0 Å². The number of phenolic OH excluding ortho intramolecular Hbond substituents is 1. The summed E-state index contributed by atoms with van der Waals surface area (Å²) in [5, 5.41) is 9.25. The van der Waals surface area contributed by atoms with Gasteiger partial charge in [0.15, 0.2) is 0 Å². The van der Waals surface area contributed by atoms with Crippen LogP contribution in [-0.4, -0.2) is 13.5 Å². The Morgan fingerprint density at radius 3 is 2.62 bits per heavy atom. The van der Waals surface area contributed by atoms with E-state index in [1.165, 1.54) is 12.1 Å². The predicted molar refractivity (Wildman–Crippen MR) is 54.3 cm³/mol. The topological polar surface area (TPSA) is 54.4 Å². The van der Waals surface area contributed by atoms with Gasteiger partial charge in [-0.2, -0.15) is 0 Å². The number of phenols is 1. The summed E-state index contributed by atoms with van der Waals surface area (Å²) in [4.78, 5) is 0. The van der Waals surface area contributed by atoms with Gasteiger partial charge in [0.1, 0.15) is 5.75 Å². The fourth-order valence-electron chi connectivity index (χ4n) is 0.855. The van der Waals surface area contributed by atoms with Crippen molar-refractivity contribution in [1.82, 2.24) is 0 Å². The van der Waals surface area contributed by atoms with Gasteiger partial charge >= 0.3 is 0 Å². The van der Waals surface area contributed by atoms with Gasteiger partial charge in [0.05, 0.1) is 5.75 Å². The van der Waals surface area contributed by atoms with Gasteiger partial charge in [0.25, 0.3) is 0 Å². The molecule has 0 atom stereocenters. The third-order valence-electron chi connectivity index (χ3n) is 1.37. The highest BCUT2D eigenvalue weighted by Crippen LogP contribution is 2.24. The molecule has 13 heavy (non-hydrogen) atoms. The summed E-state index contributed by atoms with van der Waals surface area (Å²) < 4.78 is 22.1. The Kier molecular flexibility index (Phi) is 3.21. The monoisotopic (exact) mass is 284 g/mol. The third kappa shape index (κ3) is 3.54. The molecule has 0 aliphatic rings. The maximum atomic E-state index is 10.7. The summed E-state index contributed by atoms with van der Waals surface area (Å²) in [5.41, 5.74) is 0.282. The number of aromatic hydroxyl groups is 1. The van der Waals surface area contributed by atoms with Crippen LogP contribution in [0.5, 0.6) is 5.75 Å². The summed E-state index contributed by atoms with van der Waals surface area (Å²) in [7, 11) is 1.41. The lowest BCUT2D eigenvalue weighted by Gasteiger charge is -2.01. The number of halogens is 2. The minimum Gasteiger partial charge on any atom is -0.508 e. The SMILES string of the molecule is O=S(=O)(Cl)Cc1cc(Br)ccc1O. The second-order valence-corrected chi connectivity index (χ2v) is 6.15. The Balaban J connectivity index is 3.08. The molecule has 0 heterocycles. The van der Waals surface area contributed by atoms with E-state index < -0.39 is 9.05 Å². The summed E-state index contributed by atoms with van der Waals surface area (Å²) in [5.74, 6) is -0.452. The molecule has 0 unspecified atom stereocenters. The maximum absolute atomic E-state index is 10.7. The van der Waals surface area contributed by atoms with E-state index in [-0.39, 0.29) is 17.1 Å². The van der Waals surface area contributed by atoms with Crippen LogP contribution < -0.4 is 0 Å². The van der Waals surface area contributed by atoms with Gasteiger partial charge in [-0.25, -0.2) is 8.42 Å². The standard InChI is InChI=1S/C7H6BrClO3S/c8-6-1-2-7(10)5(3-6)4-13(9,11)12/h1-3,10H,4H2. The molecule has 1 N–H and O–H groups in total. The predicted octanol–water partition coefficient (Wildman–Crippen LogP) is 2.22. The van der Waals surface area contributed by atoms with Crippen molar-refractivity contribution >= 4 is 35.7 Å². The Labute approximate surface area is 88.9 Å². The fourth-order valence-corrected chi connectivity index (χ4v) is 2.22. The molecule has 0 saturated carbocycles. The van der Waals surface area contributed by atoms with E-state index in [4.69, 9.17) is 10.7 Å². The molecule has 0 radical (unpaired) electrons. The van der Waals surface area contributed by atoms with Crippen molar-refractivity contribution in [3.63, 3.8) is 0 Å². The molecule has 0 spiro atoms. The average Bonchev–Trinajstić information content (AvgIpc) is 1.94. The summed E-state index contributed by atoms with van der Waals surface area (Å²) in [6, 6.07) is 4.52. The van der Waals surface area contributed by atoms with Crippen LogP contribution in [0.2, 0.25) is 0 Å². The Hall–Kier alpha value is -0.260. The molecule has 0 fully saturated rings. The Morgan fingerprint density at radius 1 is 1.46 bits per heavy atom. The van der Waals surface area contributed by atoms with E-state index in [0.29, 0.717) is 4.47 Å². The van der Waals surface area contributed by atoms with Crippen LogP contribution in [0.1, 0.15) is 5.56 Å². The summed E-state index contributed by atoms with van der Waals surface area (Å²) in [6.07, 6.45) is 0. The summed E-state index contributed by atoms with van der Waals surface area (Å²) in [6.45, 7) is 0. The van der Waals surface area contributed by atoms with E-state index >= 15 is 0 Å². The lowest BCUT2D eigenvalue weighted by atomic mass is 10.2. The van der Waals surface area contributed by atoms with Crippen LogP contribution in [-0.2, 0) is 14.8 Å². The van der Waals surface area contributed by atoms with Crippen LogP contribution in [0.25, 0.3) is 0 Å². The molecule has 1 aromatic carbocycles. The average molecular weight is 286 g/mol. The minimum atomic E-state index is -3.63. The van der Waals surface area contributed by atoms with E-state index in [2.05, 4.69) is 15.9 Å². The minimum absolute atomic E-state index is 0.0765. The van der Waals surface area contributed by atoms with Gasteiger partial charge in [0, 0.05) is 20.7 Å². The zero-order valence-electron chi connectivity index (χ0n) is 6.37. The van der Waals surface area contributed by atoms with E-state index in [0.717, 1.165) is 0 Å². The van der Waals surface area contributed by atoms with Crippen molar-refractivity contribution in [3.8, 4) is 5.75 Å². The van der Waals surface area contributed by atoms with Crippen LogP contribution in [0, 0.1) is 0 Å². The number of hydrogen-bond donors (Lipinski definition) is 1. The molecule has 3 nitrogen and oxygen atoms in total. The third-order valence-corrected chi connectivity index (χ3v) is 2.85. The Bertz CT molecular complexity index is 416. The largest absolute Gasteiger partial charge is 0.508 e. The quantitative estimate of drug-likeness (QED) is 0.848. The molecule has 1 rings (SSSR count). The molecule has 0 amide bonds. The van der Waals surface area contributed by atoms with Gasteiger partial charge < -0.3 is 5.11 Å². The second-order valence-electron chi connectivity index (χ2n) is 2.46. The van der Waals surface area contributed by atoms with Crippen LogP contribution in [0.4, 0.5) is 0 Å². The highest BCUT2D eigenvalue weighted by atomic mass is 79.9. The van der Waals surface area contributed by atoms with Crippen molar-refractivity contribution in [3.05, 3.63) is 28.2 Å². The molecule has 6 heteroatoms. The van der Waals surface area contributed by atoms with Crippen molar-refractivity contribution in [2.24, 2.45) is 0 Å². The fraction of sp³-hybridized carbons (Fsp3) is 0.143. The zero-order valence-corrected chi connectivity index (χ0v) is 9.53. The lowest BCUT2D eigenvalue weighted by Crippen LogP contribution is -1.95. The first-order valence-electron chi connectivity index (χ1n) is 3.28. The molecule has 0 saturated heterocycles. The molecular weight excluding hydrogens is 279 g/mol. The zero-order chi connectivity index (χ0) is 10.1. The molecule has 72 valence electrons. The molecule has 1 aromatic rings. The van der Waals surface area contributed by atoms with E-state index in [9.17, 15) is 13.5 Å².